The maximum absolute atomic E-state index is 5.93. The summed E-state index contributed by atoms with van der Waals surface area (Å²) >= 11 is 0. The molecule has 0 aromatic carbocycles. The molecule has 5 nitrogen and oxygen atoms in total. The molecule has 2 unspecified atom stereocenters. The van der Waals surface area contributed by atoms with Crippen LogP contribution in [0, 0.1) is 0 Å². The van der Waals surface area contributed by atoms with E-state index in [0.29, 0.717) is 6.04 Å². The molecule has 0 amide bonds. The van der Waals surface area contributed by atoms with Crippen LogP contribution in [0.1, 0.15) is 43.4 Å². The van der Waals surface area contributed by atoms with E-state index in [1.54, 1.807) is 0 Å². The van der Waals surface area contributed by atoms with Crippen LogP contribution in [0.5, 0.6) is 0 Å². The van der Waals surface area contributed by atoms with E-state index in [2.05, 4.69) is 15.4 Å². The van der Waals surface area contributed by atoms with Crippen molar-refractivity contribution in [3.8, 4) is 0 Å². The Balaban J connectivity index is 1.80. The summed E-state index contributed by atoms with van der Waals surface area (Å²) in [5.74, 6) is 2.09. The van der Waals surface area contributed by atoms with Gasteiger partial charge in [-0.1, -0.05) is 6.42 Å². The number of nitrogens with one attached hydrogen (secondary N) is 1. The molecule has 5 heteroatoms. The minimum Gasteiger partial charge on any atom is -0.326 e. The highest BCUT2D eigenvalue weighted by atomic mass is 15.4. The van der Waals surface area contributed by atoms with Crippen LogP contribution in [-0.4, -0.2) is 27.4 Å². The Kier molecular flexibility index (Phi) is 2.65. The predicted octanol–water partition coefficient (Wildman–Crippen LogP) is 0.366. The topological polar surface area (TPSA) is 68.8 Å². The molecule has 1 aromatic rings. The molecule has 0 saturated carbocycles. The second kappa shape index (κ2) is 4.14. The van der Waals surface area contributed by atoms with Crippen LogP contribution < -0.4 is 11.1 Å². The molecule has 1 aromatic heterocycles. The Bertz CT molecular complexity index is 366. The van der Waals surface area contributed by atoms with Gasteiger partial charge in [-0.25, -0.2) is 9.67 Å². The fraction of sp³-hybridized carbons (Fsp3) is 0.818. The third-order valence-corrected chi connectivity index (χ3v) is 3.53. The molecule has 1 fully saturated rings. The summed E-state index contributed by atoms with van der Waals surface area (Å²) in [7, 11) is 0. The summed E-state index contributed by atoms with van der Waals surface area (Å²) < 4.78 is 2.00. The normalized spacial score (nSPS) is 30.1. The molecule has 3 N–H and O–H groups in total. The van der Waals surface area contributed by atoms with Gasteiger partial charge in [0.15, 0.2) is 5.82 Å². The molecule has 2 aliphatic rings. The minimum absolute atomic E-state index is 0.251. The fourth-order valence-electron chi connectivity index (χ4n) is 2.57. The van der Waals surface area contributed by atoms with Crippen molar-refractivity contribution >= 4 is 0 Å². The fourth-order valence-corrected chi connectivity index (χ4v) is 2.57. The van der Waals surface area contributed by atoms with Crippen molar-refractivity contribution in [2.24, 2.45) is 5.73 Å². The quantitative estimate of drug-likeness (QED) is 0.718. The molecule has 0 bridgehead atoms. The zero-order chi connectivity index (χ0) is 11.0. The smallest absolute Gasteiger partial charge is 0.167 e. The maximum Gasteiger partial charge on any atom is 0.167 e. The van der Waals surface area contributed by atoms with E-state index in [0.717, 1.165) is 44.0 Å². The summed E-state index contributed by atoms with van der Waals surface area (Å²) in [6.45, 7) is 1.92. The first kappa shape index (κ1) is 10.2. The second-order valence-corrected chi connectivity index (χ2v) is 4.87. The van der Waals surface area contributed by atoms with Crippen molar-refractivity contribution in [3.05, 3.63) is 11.6 Å². The van der Waals surface area contributed by atoms with E-state index in [1.807, 2.05) is 4.68 Å². The molecular weight excluding hydrogens is 202 g/mol. The largest absolute Gasteiger partial charge is 0.326 e. The van der Waals surface area contributed by atoms with Crippen LogP contribution in [0.15, 0.2) is 0 Å². The van der Waals surface area contributed by atoms with Gasteiger partial charge < -0.3 is 11.1 Å². The third kappa shape index (κ3) is 1.85. The van der Waals surface area contributed by atoms with Gasteiger partial charge in [0.05, 0.1) is 12.6 Å². The second-order valence-electron chi connectivity index (χ2n) is 4.87. The number of aromatic nitrogens is 3. The molecule has 3 rings (SSSR count). The Morgan fingerprint density at radius 2 is 2.25 bits per heavy atom. The van der Waals surface area contributed by atoms with E-state index in [-0.39, 0.29) is 6.04 Å². The summed E-state index contributed by atoms with van der Waals surface area (Å²) in [6.07, 6.45) is 5.72. The number of aryl methyl sites for hydroxylation is 1. The standard InChI is InChI=1S/C11H19N5/c12-8-4-5-10-14-11(15-16(10)7-8)9-3-1-2-6-13-9/h8-9,13H,1-7,12H2. The lowest BCUT2D eigenvalue weighted by Gasteiger charge is -2.20. The molecule has 16 heavy (non-hydrogen) atoms. The van der Waals surface area contributed by atoms with Gasteiger partial charge in [0, 0.05) is 12.5 Å². The highest BCUT2D eigenvalue weighted by Crippen LogP contribution is 2.22. The van der Waals surface area contributed by atoms with Gasteiger partial charge in [-0.3, -0.25) is 0 Å². The zero-order valence-electron chi connectivity index (χ0n) is 9.52. The van der Waals surface area contributed by atoms with Gasteiger partial charge in [0.1, 0.15) is 5.82 Å². The number of nitrogens with zero attached hydrogens (tertiary/aromatic N) is 3. The van der Waals surface area contributed by atoms with Gasteiger partial charge in [0.2, 0.25) is 0 Å². The van der Waals surface area contributed by atoms with Crippen molar-refractivity contribution in [3.63, 3.8) is 0 Å². The highest BCUT2D eigenvalue weighted by molar-refractivity contribution is 5.02. The summed E-state index contributed by atoms with van der Waals surface area (Å²) in [6, 6.07) is 0.615. The predicted molar refractivity (Wildman–Crippen MR) is 60.9 cm³/mol. The summed E-state index contributed by atoms with van der Waals surface area (Å²) in [4.78, 5) is 4.64. The van der Waals surface area contributed by atoms with Crippen LogP contribution in [0.3, 0.4) is 0 Å². The average molecular weight is 221 g/mol. The van der Waals surface area contributed by atoms with Crippen LogP contribution in [0.25, 0.3) is 0 Å². The van der Waals surface area contributed by atoms with Crippen LogP contribution in [0.2, 0.25) is 0 Å². The first-order valence-corrected chi connectivity index (χ1v) is 6.25. The molecular formula is C11H19N5. The zero-order valence-corrected chi connectivity index (χ0v) is 9.52. The van der Waals surface area contributed by atoms with Gasteiger partial charge in [-0.15, -0.1) is 0 Å². The van der Waals surface area contributed by atoms with E-state index in [9.17, 15) is 0 Å². The maximum atomic E-state index is 5.93. The Hall–Kier alpha value is -0.940. The Labute approximate surface area is 95.4 Å². The SMILES string of the molecule is NC1CCc2nc(C3CCCCN3)nn2C1. The molecule has 1 saturated heterocycles. The van der Waals surface area contributed by atoms with E-state index < -0.39 is 0 Å². The molecule has 0 radical (unpaired) electrons. The highest BCUT2D eigenvalue weighted by Gasteiger charge is 2.23. The molecule has 2 atom stereocenters. The Morgan fingerprint density at radius 3 is 3.06 bits per heavy atom. The first-order valence-electron chi connectivity index (χ1n) is 6.25. The van der Waals surface area contributed by atoms with Gasteiger partial charge in [-0.2, -0.15) is 5.10 Å². The van der Waals surface area contributed by atoms with E-state index in [1.165, 1.54) is 12.8 Å². The molecule has 2 aliphatic heterocycles. The Morgan fingerprint density at radius 1 is 1.31 bits per heavy atom. The van der Waals surface area contributed by atoms with Crippen molar-refractivity contribution in [2.45, 2.75) is 50.7 Å². The summed E-state index contributed by atoms with van der Waals surface area (Å²) in [5.41, 5.74) is 5.93. The van der Waals surface area contributed by atoms with Crippen molar-refractivity contribution in [1.29, 1.82) is 0 Å². The van der Waals surface area contributed by atoms with Gasteiger partial charge >= 0.3 is 0 Å². The molecule has 88 valence electrons. The molecule has 0 aliphatic carbocycles. The third-order valence-electron chi connectivity index (χ3n) is 3.53. The van der Waals surface area contributed by atoms with E-state index >= 15 is 0 Å². The van der Waals surface area contributed by atoms with Crippen LogP contribution in [-0.2, 0) is 13.0 Å². The van der Waals surface area contributed by atoms with E-state index in [4.69, 9.17) is 5.73 Å². The molecule has 0 spiro atoms. The molecule has 3 heterocycles. The lowest BCUT2D eigenvalue weighted by Crippen LogP contribution is -2.32. The minimum atomic E-state index is 0.251. The summed E-state index contributed by atoms with van der Waals surface area (Å²) in [5, 5.41) is 8.07. The number of piperidine rings is 1. The average Bonchev–Trinajstić information content (AvgIpc) is 2.73. The number of hydrogen-bond donors (Lipinski definition) is 2. The number of fused-ring (bicyclic) bond motifs is 1. The lowest BCUT2D eigenvalue weighted by molar-refractivity contribution is 0.389. The van der Waals surface area contributed by atoms with Gasteiger partial charge in [-0.05, 0) is 25.8 Å². The number of rotatable bonds is 1. The number of nitrogens with two attached hydrogens (primary N) is 1. The number of hydrogen-bond acceptors (Lipinski definition) is 4. The first-order chi connectivity index (χ1) is 7.83. The lowest BCUT2D eigenvalue weighted by atomic mass is 10.0. The van der Waals surface area contributed by atoms with Crippen LogP contribution in [0.4, 0.5) is 0 Å². The monoisotopic (exact) mass is 221 g/mol. The van der Waals surface area contributed by atoms with Gasteiger partial charge in [0.25, 0.3) is 0 Å². The van der Waals surface area contributed by atoms with Crippen molar-refractivity contribution < 1.29 is 0 Å². The van der Waals surface area contributed by atoms with Crippen molar-refractivity contribution in [1.82, 2.24) is 20.1 Å². The van der Waals surface area contributed by atoms with Crippen LogP contribution >= 0.6 is 0 Å². The van der Waals surface area contributed by atoms with Crippen molar-refractivity contribution in [2.75, 3.05) is 6.54 Å².